The maximum atomic E-state index is 13.6. The van der Waals surface area contributed by atoms with Gasteiger partial charge in [-0.2, -0.15) is 0 Å². The Kier molecular flexibility index (Phi) is 7.33. The molecule has 0 bridgehead atoms. The van der Waals surface area contributed by atoms with Gasteiger partial charge in [0.1, 0.15) is 5.82 Å². The number of aryl methyl sites for hydroxylation is 1. The molecule has 2 fully saturated rings. The lowest BCUT2D eigenvalue weighted by Gasteiger charge is -2.33. The standard InChI is InChI=1S/C19H24F3N3O2.ClH/c1-12-2-3-13(8-15(12)20)10-23-17(26)14-4-6-25(7-5-14)18(27)16-9-19(21,22)11-24-16;/h2-3,8,14,16,24H,4-7,9-11H2,1H3,(H,23,26);1H. The molecule has 1 unspecified atom stereocenters. The van der Waals surface area contributed by atoms with E-state index < -0.39 is 24.9 Å². The first-order valence-electron chi connectivity index (χ1n) is 9.18. The molecule has 0 aromatic heterocycles. The van der Waals surface area contributed by atoms with Gasteiger partial charge in [-0.25, -0.2) is 13.2 Å². The number of benzene rings is 1. The van der Waals surface area contributed by atoms with Crippen LogP contribution in [0.2, 0.25) is 0 Å². The molecular formula is C19H25ClF3N3O2. The van der Waals surface area contributed by atoms with Crippen LogP contribution in [0.1, 0.15) is 30.4 Å². The topological polar surface area (TPSA) is 61.4 Å². The lowest BCUT2D eigenvalue weighted by molar-refractivity contribution is -0.137. The first kappa shape index (κ1) is 22.5. The minimum atomic E-state index is -2.84. The van der Waals surface area contributed by atoms with E-state index in [4.69, 9.17) is 0 Å². The zero-order valence-corrected chi connectivity index (χ0v) is 16.5. The Morgan fingerprint density at radius 1 is 1.29 bits per heavy atom. The number of nitrogens with zero attached hydrogens (tertiary/aromatic N) is 1. The Labute approximate surface area is 168 Å². The van der Waals surface area contributed by atoms with E-state index in [2.05, 4.69) is 10.6 Å². The molecule has 5 nitrogen and oxygen atoms in total. The Balaban J connectivity index is 0.00000280. The Bertz CT molecular complexity index is 724. The molecule has 1 atom stereocenters. The van der Waals surface area contributed by atoms with Gasteiger partial charge in [0.2, 0.25) is 11.8 Å². The summed E-state index contributed by atoms with van der Waals surface area (Å²) in [5, 5.41) is 5.38. The van der Waals surface area contributed by atoms with E-state index in [1.54, 1.807) is 24.0 Å². The maximum absolute atomic E-state index is 13.6. The summed E-state index contributed by atoms with van der Waals surface area (Å²) < 4.78 is 40.1. The van der Waals surface area contributed by atoms with Crippen molar-refractivity contribution in [2.45, 2.75) is 44.7 Å². The first-order valence-corrected chi connectivity index (χ1v) is 9.18. The first-order chi connectivity index (χ1) is 12.7. The van der Waals surface area contributed by atoms with Crippen molar-refractivity contribution in [3.05, 3.63) is 35.1 Å². The summed E-state index contributed by atoms with van der Waals surface area (Å²) in [4.78, 5) is 26.2. The van der Waals surface area contributed by atoms with Crippen LogP contribution >= 0.6 is 12.4 Å². The Hall–Kier alpha value is -1.80. The number of nitrogens with one attached hydrogen (secondary N) is 2. The van der Waals surface area contributed by atoms with Crippen LogP contribution in [-0.4, -0.2) is 48.3 Å². The quantitative estimate of drug-likeness (QED) is 0.788. The highest BCUT2D eigenvalue weighted by atomic mass is 35.5. The normalized spacial score (nSPS) is 21.9. The molecule has 2 heterocycles. The van der Waals surface area contributed by atoms with E-state index in [1.807, 2.05) is 0 Å². The van der Waals surface area contributed by atoms with Gasteiger partial charge in [-0.1, -0.05) is 12.1 Å². The summed E-state index contributed by atoms with van der Waals surface area (Å²) in [6, 6.07) is 3.99. The number of rotatable bonds is 4. The number of hydrogen-bond donors (Lipinski definition) is 2. The van der Waals surface area contributed by atoms with Crippen molar-refractivity contribution in [2.24, 2.45) is 5.92 Å². The average Bonchev–Trinajstić information content (AvgIpc) is 3.02. The molecule has 2 aliphatic rings. The third-order valence-electron chi connectivity index (χ3n) is 5.29. The predicted octanol–water partition coefficient (Wildman–Crippen LogP) is 2.41. The molecule has 1 aromatic rings. The summed E-state index contributed by atoms with van der Waals surface area (Å²) in [6.07, 6.45) is 0.505. The van der Waals surface area contributed by atoms with Crippen LogP contribution in [0.25, 0.3) is 0 Å². The molecule has 1 aromatic carbocycles. The van der Waals surface area contributed by atoms with Crippen LogP contribution in [-0.2, 0) is 16.1 Å². The predicted molar refractivity (Wildman–Crippen MR) is 101 cm³/mol. The SMILES string of the molecule is Cc1ccc(CNC(=O)C2CCN(C(=O)C3CC(F)(F)CN3)CC2)cc1F.Cl. The van der Waals surface area contributed by atoms with Crippen molar-refractivity contribution in [3.8, 4) is 0 Å². The van der Waals surface area contributed by atoms with Gasteiger partial charge in [-0.15, -0.1) is 12.4 Å². The number of amides is 2. The number of carbonyl (C=O) groups is 2. The van der Waals surface area contributed by atoms with Crippen molar-refractivity contribution >= 4 is 24.2 Å². The van der Waals surface area contributed by atoms with E-state index in [-0.39, 0.29) is 42.5 Å². The van der Waals surface area contributed by atoms with Gasteiger partial charge in [0.15, 0.2) is 0 Å². The van der Waals surface area contributed by atoms with Gasteiger partial charge in [0, 0.05) is 32.0 Å². The van der Waals surface area contributed by atoms with Gasteiger partial charge in [0.05, 0.1) is 12.6 Å². The monoisotopic (exact) mass is 419 g/mol. The maximum Gasteiger partial charge on any atom is 0.262 e. The second kappa shape index (κ2) is 9.13. The summed E-state index contributed by atoms with van der Waals surface area (Å²) in [5.74, 6) is -3.83. The molecule has 0 radical (unpaired) electrons. The average molecular weight is 420 g/mol. The number of piperidine rings is 1. The van der Waals surface area contributed by atoms with Crippen LogP contribution in [0.3, 0.4) is 0 Å². The molecule has 0 saturated carbocycles. The number of halogens is 4. The van der Waals surface area contributed by atoms with E-state index in [1.165, 1.54) is 6.07 Å². The van der Waals surface area contributed by atoms with E-state index >= 15 is 0 Å². The fourth-order valence-corrected chi connectivity index (χ4v) is 3.55. The van der Waals surface area contributed by atoms with Crippen molar-refractivity contribution < 1.29 is 22.8 Å². The molecule has 2 aliphatic heterocycles. The minimum absolute atomic E-state index is 0. The summed E-state index contributed by atoms with van der Waals surface area (Å²) in [5.41, 5.74) is 1.24. The molecule has 2 amide bonds. The number of carbonyl (C=O) groups excluding carboxylic acids is 2. The smallest absolute Gasteiger partial charge is 0.262 e. The molecule has 156 valence electrons. The molecule has 0 aliphatic carbocycles. The zero-order chi connectivity index (χ0) is 19.6. The van der Waals surface area contributed by atoms with E-state index in [9.17, 15) is 22.8 Å². The number of likely N-dealkylation sites (tertiary alicyclic amines) is 1. The summed E-state index contributed by atoms with van der Waals surface area (Å²) in [7, 11) is 0. The van der Waals surface area contributed by atoms with Gasteiger partial charge in [0.25, 0.3) is 5.92 Å². The summed E-state index contributed by atoms with van der Waals surface area (Å²) >= 11 is 0. The van der Waals surface area contributed by atoms with Gasteiger partial charge in [-0.05, 0) is 37.0 Å². The van der Waals surface area contributed by atoms with Crippen molar-refractivity contribution in [3.63, 3.8) is 0 Å². The molecular weight excluding hydrogens is 395 g/mol. The van der Waals surface area contributed by atoms with E-state index in [0.717, 1.165) is 0 Å². The molecule has 2 N–H and O–H groups in total. The lowest BCUT2D eigenvalue weighted by atomic mass is 9.95. The molecule has 28 heavy (non-hydrogen) atoms. The highest BCUT2D eigenvalue weighted by Crippen LogP contribution is 2.27. The zero-order valence-electron chi connectivity index (χ0n) is 15.6. The third-order valence-corrected chi connectivity index (χ3v) is 5.29. The van der Waals surface area contributed by atoms with Crippen molar-refractivity contribution in [1.29, 1.82) is 0 Å². The molecule has 9 heteroatoms. The van der Waals surface area contributed by atoms with Crippen molar-refractivity contribution in [1.82, 2.24) is 15.5 Å². The van der Waals surface area contributed by atoms with Crippen LogP contribution in [0, 0.1) is 18.7 Å². The lowest BCUT2D eigenvalue weighted by Crippen LogP contribution is -2.48. The van der Waals surface area contributed by atoms with Gasteiger partial charge >= 0.3 is 0 Å². The van der Waals surface area contributed by atoms with Crippen LogP contribution in [0.5, 0.6) is 0 Å². The third kappa shape index (κ3) is 5.38. The highest BCUT2D eigenvalue weighted by Gasteiger charge is 2.44. The van der Waals surface area contributed by atoms with E-state index in [0.29, 0.717) is 37.1 Å². The second-order valence-corrected chi connectivity index (χ2v) is 7.39. The largest absolute Gasteiger partial charge is 0.352 e. The summed E-state index contributed by atoms with van der Waals surface area (Å²) in [6.45, 7) is 2.20. The van der Waals surface area contributed by atoms with Crippen LogP contribution in [0.15, 0.2) is 18.2 Å². The Morgan fingerprint density at radius 2 is 1.96 bits per heavy atom. The minimum Gasteiger partial charge on any atom is -0.352 e. The van der Waals surface area contributed by atoms with Gasteiger partial charge in [-0.3, -0.25) is 14.9 Å². The van der Waals surface area contributed by atoms with Crippen molar-refractivity contribution in [2.75, 3.05) is 19.6 Å². The van der Waals surface area contributed by atoms with Gasteiger partial charge < -0.3 is 10.2 Å². The molecule has 3 rings (SSSR count). The molecule has 0 spiro atoms. The number of alkyl halides is 2. The Morgan fingerprint density at radius 3 is 2.54 bits per heavy atom. The molecule has 2 saturated heterocycles. The number of hydrogen-bond acceptors (Lipinski definition) is 3. The second-order valence-electron chi connectivity index (χ2n) is 7.39. The fraction of sp³-hybridized carbons (Fsp3) is 0.579. The highest BCUT2D eigenvalue weighted by molar-refractivity contribution is 5.85. The van der Waals surface area contributed by atoms with Crippen LogP contribution < -0.4 is 10.6 Å². The fourth-order valence-electron chi connectivity index (χ4n) is 3.55. The van der Waals surface area contributed by atoms with Crippen LogP contribution in [0.4, 0.5) is 13.2 Å².